The third-order valence-electron chi connectivity index (χ3n) is 4.04. The van der Waals surface area contributed by atoms with E-state index in [0.29, 0.717) is 12.1 Å². The molecule has 0 radical (unpaired) electrons. The summed E-state index contributed by atoms with van der Waals surface area (Å²) in [6, 6.07) is 16.6. The van der Waals surface area contributed by atoms with E-state index in [1.807, 2.05) is 48.5 Å². The summed E-state index contributed by atoms with van der Waals surface area (Å²) in [5.74, 6) is -0.864. The number of nitrogens with zero attached hydrogens (tertiary/aromatic N) is 1. The highest BCUT2D eigenvalue weighted by Crippen LogP contribution is 2.36. The lowest BCUT2D eigenvalue weighted by Gasteiger charge is -2.25. The Hall–Kier alpha value is -3.15. The van der Waals surface area contributed by atoms with Gasteiger partial charge in [-0.05, 0) is 17.2 Å². The summed E-state index contributed by atoms with van der Waals surface area (Å²) in [4.78, 5) is 26.5. The molecule has 24 heavy (non-hydrogen) atoms. The summed E-state index contributed by atoms with van der Waals surface area (Å²) < 4.78 is 0. The molecule has 1 heterocycles. The summed E-state index contributed by atoms with van der Waals surface area (Å²) in [5.41, 5.74) is 7.66. The molecule has 1 atom stereocenters. The van der Waals surface area contributed by atoms with Crippen molar-refractivity contribution in [3.05, 3.63) is 71.3 Å². The largest absolute Gasteiger partial charge is 0.370 e. The molecule has 1 aliphatic rings. The Morgan fingerprint density at radius 1 is 1.12 bits per heavy atom. The molecule has 2 amide bonds. The average molecular weight is 322 g/mol. The van der Waals surface area contributed by atoms with Gasteiger partial charge in [0.25, 0.3) is 5.91 Å². The SMILES string of the molecule is N=C(N)NC(=O)CC1c2ccccc2C(=O)N1Cc1ccccc1. The van der Waals surface area contributed by atoms with E-state index in [1.54, 1.807) is 11.0 Å². The fraction of sp³-hybridized carbons (Fsp3) is 0.167. The van der Waals surface area contributed by atoms with E-state index in [-0.39, 0.29) is 24.3 Å². The Labute approximate surface area is 139 Å². The minimum Gasteiger partial charge on any atom is -0.370 e. The molecule has 0 fully saturated rings. The first kappa shape index (κ1) is 15.7. The van der Waals surface area contributed by atoms with Crippen molar-refractivity contribution in [3.63, 3.8) is 0 Å². The van der Waals surface area contributed by atoms with E-state index in [9.17, 15) is 9.59 Å². The molecular weight excluding hydrogens is 304 g/mol. The van der Waals surface area contributed by atoms with Gasteiger partial charge < -0.3 is 10.6 Å². The van der Waals surface area contributed by atoms with E-state index < -0.39 is 5.96 Å². The van der Waals surface area contributed by atoms with Crippen LogP contribution in [-0.2, 0) is 11.3 Å². The molecule has 0 aromatic heterocycles. The van der Waals surface area contributed by atoms with Crippen LogP contribution in [0.1, 0.15) is 33.9 Å². The van der Waals surface area contributed by atoms with Gasteiger partial charge in [0, 0.05) is 12.1 Å². The third kappa shape index (κ3) is 3.12. The highest BCUT2D eigenvalue weighted by molar-refractivity contribution is 6.01. The van der Waals surface area contributed by atoms with Crippen LogP contribution in [0, 0.1) is 5.41 Å². The summed E-state index contributed by atoms with van der Waals surface area (Å²) in [7, 11) is 0. The van der Waals surface area contributed by atoms with Gasteiger partial charge in [-0.15, -0.1) is 0 Å². The molecular formula is C18H18N4O2. The zero-order valence-electron chi connectivity index (χ0n) is 13.0. The summed E-state index contributed by atoms with van der Waals surface area (Å²) >= 11 is 0. The Bertz CT molecular complexity index is 789. The van der Waals surface area contributed by atoms with Gasteiger partial charge in [0.05, 0.1) is 12.5 Å². The predicted octanol–water partition coefficient (Wildman–Crippen LogP) is 1.78. The first-order chi connectivity index (χ1) is 11.6. The monoisotopic (exact) mass is 322 g/mol. The molecule has 2 aromatic carbocycles. The first-order valence-electron chi connectivity index (χ1n) is 7.64. The number of hydrogen-bond donors (Lipinski definition) is 3. The molecule has 1 unspecified atom stereocenters. The van der Waals surface area contributed by atoms with Crippen LogP contribution in [0.4, 0.5) is 0 Å². The number of nitrogens with two attached hydrogens (primary N) is 1. The quantitative estimate of drug-likeness (QED) is 0.591. The maximum atomic E-state index is 12.7. The Kier molecular flexibility index (Phi) is 4.29. The molecule has 4 N–H and O–H groups in total. The Morgan fingerprint density at radius 2 is 1.79 bits per heavy atom. The number of amides is 2. The smallest absolute Gasteiger partial charge is 0.255 e. The van der Waals surface area contributed by atoms with Crippen molar-refractivity contribution in [2.75, 3.05) is 0 Å². The van der Waals surface area contributed by atoms with Gasteiger partial charge in [0.1, 0.15) is 0 Å². The highest BCUT2D eigenvalue weighted by atomic mass is 16.2. The third-order valence-corrected chi connectivity index (χ3v) is 4.04. The lowest BCUT2D eigenvalue weighted by atomic mass is 10.0. The zero-order chi connectivity index (χ0) is 17.1. The standard InChI is InChI=1S/C18H18N4O2/c19-18(20)21-16(23)10-15-13-8-4-5-9-14(13)17(24)22(15)11-12-6-2-1-3-7-12/h1-9,15H,10-11H2,(H4,19,20,21,23). The number of rotatable bonds is 4. The minimum atomic E-state index is -0.396. The van der Waals surface area contributed by atoms with Crippen molar-refractivity contribution < 1.29 is 9.59 Å². The second-order valence-corrected chi connectivity index (χ2v) is 5.69. The number of benzene rings is 2. The van der Waals surface area contributed by atoms with Crippen molar-refractivity contribution in [3.8, 4) is 0 Å². The van der Waals surface area contributed by atoms with Gasteiger partial charge in [-0.25, -0.2) is 0 Å². The molecule has 0 saturated carbocycles. The van der Waals surface area contributed by atoms with Crippen molar-refractivity contribution in [2.24, 2.45) is 5.73 Å². The van der Waals surface area contributed by atoms with Crippen LogP contribution in [0.5, 0.6) is 0 Å². The van der Waals surface area contributed by atoms with E-state index in [0.717, 1.165) is 11.1 Å². The van der Waals surface area contributed by atoms with E-state index >= 15 is 0 Å². The maximum Gasteiger partial charge on any atom is 0.255 e. The van der Waals surface area contributed by atoms with Crippen LogP contribution < -0.4 is 11.1 Å². The van der Waals surface area contributed by atoms with Crippen LogP contribution in [-0.4, -0.2) is 22.7 Å². The highest BCUT2D eigenvalue weighted by Gasteiger charge is 2.37. The van der Waals surface area contributed by atoms with Gasteiger partial charge in [-0.1, -0.05) is 48.5 Å². The van der Waals surface area contributed by atoms with Crippen LogP contribution in [0.15, 0.2) is 54.6 Å². The molecule has 6 nitrogen and oxygen atoms in total. The molecule has 1 aliphatic heterocycles. The average Bonchev–Trinajstić information content (AvgIpc) is 2.81. The lowest BCUT2D eigenvalue weighted by Crippen LogP contribution is -2.38. The number of fused-ring (bicyclic) bond motifs is 1. The second-order valence-electron chi connectivity index (χ2n) is 5.69. The van der Waals surface area contributed by atoms with Crippen molar-refractivity contribution in [1.82, 2.24) is 10.2 Å². The predicted molar refractivity (Wildman–Crippen MR) is 90.2 cm³/mol. The van der Waals surface area contributed by atoms with Gasteiger partial charge in [0.2, 0.25) is 5.91 Å². The normalized spacial score (nSPS) is 15.9. The Balaban J connectivity index is 1.89. The van der Waals surface area contributed by atoms with E-state index in [4.69, 9.17) is 11.1 Å². The van der Waals surface area contributed by atoms with E-state index in [1.165, 1.54) is 0 Å². The van der Waals surface area contributed by atoms with Gasteiger partial charge in [-0.3, -0.25) is 20.3 Å². The topological polar surface area (TPSA) is 99.3 Å². The van der Waals surface area contributed by atoms with Crippen molar-refractivity contribution >= 4 is 17.8 Å². The molecule has 122 valence electrons. The summed E-state index contributed by atoms with van der Waals surface area (Å²) in [6.45, 7) is 0.423. The summed E-state index contributed by atoms with van der Waals surface area (Å²) in [5, 5.41) is 9.46. The molecule has 6 heteroatoms. The fourth-order valence-corrected chi connectivity index (χ4v) is 3.01. The lowest BCUT2D eigenvalue weighted by molar-refractivity contribution is -0.120. The minimum absolute atomic E-state index is 0.0646. The molecule has 0 bridgehead atoms. The molecule has 0 saturated heterocycles. The van der Waals surface area contributed by atoms with Gasteiger partial charge >= 0.3 is 0 Å². The molecule has 0 spiro atoms. The number of guanidine groups is 1. The molecule has 3 rings (SSSR count). The van der Waals surface area contributed by atoms with Crippen LogP contribution >= 0.6 is 0 Å². The van der Waals surface area contributed by atoms with Crippen molar-refractivity contribution in [1.29, 1.82) is 5.41 Å². The van der Waals surface area contributed by atoms with Crippen LogP contribution in [0.25, 0.3) is 0 Å². The number of carbonyl (C=O) groups excluding carboxylic acids is 2. The molecule has 2 aromatic rings. The van der Waals surface area contributed by atoms with Crippen LogP contribution in [0.2, 0.25) is 0 Å². The van der Waals surface area contributed by atoms with Crippen LogP contribution in [0.3, 0.4) is 0 Å². The maximum absolute atomic E-state index is 12.7. The Morgan fingerprint density at radius 3 is 2.50 bits per heavy atom. The first-order valence-corrected chi connectivity index (χ1v) is 7.64. The second kappa shape index (κ2) is 6.54. The number of nitrogens with one attached hydrogen (secondary N) is 2. The fourth-order valence-electron chi connectivity index (χ4n) is 3.01. The summed E-state index contributed by atoms with van der Waals surface area (Å²) in [6.07, 6.45) is 0.0646. The van der Waals surface area contributed by atoms with E-state index in [2.05, 4.69) is 5.32 Å². The van der Waals surface area contributed by atoms with Crippen molar-refractivity contribution in [2.45, 2.75) is 19.0 Å². The van der Waals surface area contributed by atoms with Gasteiger partial charge in [-0.2, -0.15) is 0 Å². The number of hydrogen-bond acceptors (Lipinski definition) is 3. The molecule has 0 aliphatic carbocycles. The number of carbonyl (C=O) groups is 2. The zero-order valence-corrected chi connectivity index (χ0v) is 13.0. The van der Waals surface area contributed by atoms with Gasteiger partial charge in [0.15, 0.2) is 5.96 Å².